The van der Waals surface area contributed by atoms with Gasteiger partial charge in [0, 0.05) is 33.9 Å². The van der Waals surface area contributed by atoms with Gasteiger partial charge in [0.25, 0.3) is 5.56 Å². The largest absolute Gasteiger partial charge is 0.509 e. The van der Waals surface area contributed by atoms with Gasteiger partial charge in [0.15, 0.2) is 0 Å². The van der Waals surface area contributed by atoms with E-state index in [1.807, 2.05) is 51.9 Å². The summed E-state index contributed by atoms with van der Waals surface area (Å²) in [5.41, 5.74) is 1.20. The minimum Gasteiger partial charge on any atom is -0.463 e. The topological polar surface area (TPSA) is 132 Å². The van der Waals surface area contributed by atoms with E-state index in [4.69, 9.17) is 28.7 Å². The lowest BCUT2D eigenvalue weighted by atomic mass is 9.85. The number of benzene rings is 1. The molecule has 0 aliphatic carbocycles. The molecule has 0 amide bonds. The summed E-state index contributed by atoms with van der Waals surface area (Å²) in [5.74, 6) is 0.185. The molecule has 3 aliphatic heterocycles. The molecule has 0 saturated carbocycles. The lowest BCUT2D eigenvalue weighted by Gasteiger charge is -2.35. The van der Waals surface area contributed by atoms with Crippen LogP contribution in [0, 0.1) is 0 Å². The Hall–Kier alpha value is -3.55. The monoisotopic (exact) mass is 668 g/mol. The van der Waals surface area contributed by atoms with Crippen LogP contribution in [0.15, 0.2) is 41.2 Å². The smallest absolute Gasteiger partial charge is 0.463 e. The molecular weight excluding hydrogens is 633 g/mol. The minimum absolute atomic E-state index is 0.0231. The van der Waals surface area contributed by atoms with E-state index >= 15 is 0 Å². The third-order valence-electron chi connectivity index (χ3n) is 8.46. The first-order valence-electron chi connectivity index (χ1n) is 15.6. The second-order valence-corrected chi connectivity index (χ2v) is 14.2. The molecule has 1 saturated heterocycles. The summed E-state index contributed by atoms with van der Waals surface area (Å²) < 4.78 is 28.4. The molecule has 0 bridgehead atoms. The normalized spacial score (nSPS) is 19.7. The predicted octanol–water partition coefficient (Wildman–Crippen LogP) is 5.51. The lowest BCUT2D eigenvalue weighted by Crippen LogP contribution is -2.47. The van der Waals surface area contributed by atoms with Crippen molar-refractivity contribution in [1.82, 2.24) is 9.55 Å². The minimum atomic E-state index is -1.86. The Kier molecular flexibility index (Phi) is 10.2. The number of carbonyl (C=O) groups is 3. The molecule has 2 unspecified atom stereocenters. The molecule has 11 nitrogen and oxygen atoms in total. The fourth-order valence-corrected chi connectivity index (χ4v) is 9.06. The first kappa shape index (κ1) is 32.4. The van der Waals surface area contributed by atoms with Crippen LogP contribution in [0.2, 0.25) is 0 Å². The Morgan fingerprint density at radius 1 is 1.09 bits per heavy atom. The van der Waals surface area contributed by atoms with Gasteiger partial charge in [-0.1, -0.05) is 53.1 Å². The summed E-state index contributed by atoms with van der Waals surface area (Å²) >= 11 is 0. The van der Waals surface area contributed by atoms with Gasteiger partial charge in [0.05, 0.1) is 42.2 Å². The van der Waals surface area contributed by atoms with Crippen molar-refractivity contribution in [1.29, 1.82) is 0 Å². The molecule has 1 fully saturated rings. The average molecular weight is 669 g/mol. The number of unbranched alkanes of at least 4 members (excludes halogenated alkanes) is 1. The third-order valence-corrected chi connectivity index (χ3v) is 11.5. The van der Waals surface area contributed by atoms with Crippen molar-refractivity contribution in [2.45, 2.75) is 69.5 Å². The number of hydrogen-bond donors (Lipinski definition) is 0. The van der Waals surface area contributed by atoms with E-state index in [2.05, 4.69) is 0 Å². The second-order valence-electron chi connectivity index (χ2n) is 11.4. The van der Waals surface area contributed by atoms with Crippen LogP contribution in [0.4, 0.5) is 4.79 Å². The summed E-state index contributed by atoms with van der Waals surface area (Å²) in [7, 11) is 3.87. The van der Waals surface area contributed by atoms with Gasteiger partial charge in [-0.25, -0.2) is 14.6 Å². The number of fused-ring (bicyclic) bond motifs is 5. The molecule has 1 aromatic carbocycles. The number of ether oxygens (including phenoxy) is 5. The van der Waals surface area contributed by atoms with Crippen LogP contribution in [0.1, 0.15) is 62.1 Å². The van der Waals surface area contributed by atoms with Crippen LogP contribution in [0.3, 0.4) is 0 Å². The van der Waals surface area contributed by atoms with E-state index < -0.39 is 17.7 Å². The number of carbonyl (C=O) groups excluding carboxylic acids is 3. The summed E-state index contributed by atoms with van der Waals surface area (Å²) in [6.45, 7) is 1.93. The standard InChI is InChI=1S/C33H36N2O9S2/c1-2-33(44-32(39)42-15-13-40-12-14-41-28(36)10-6-4-8-23-11-16-45-46-23)25-18-27-29-22(17-21-7-3-5-9-26(21)34-29)19-35(27)30(37)24(25)20-43-31(33)38/h3,5,7,9,17-18,23H,2,4,6,8,10-16,19-20H2,1H3. The van der Waals surface area contributed by atoms with Crippen molar-refractivity contribution in [3.63, 3.8) is 0 Å². The quantitative estimate of drug-likeness (QED) is 0.0770. The van der Waals surface area contributed by atoms with E-state index in [1.165, 1.54) is 12.2 Å². The molecular formula is C33H36N2O9S2. The van der Waals surface area contributed by atoms with Gasteiger partial charge in [0.2, 0.25) is 5.60 Å². The zero-order valence-corrected chi connectivity index (χ0v) is 27.3. The van der Waals surface area contributed by atoms with E-state index in [0.717, 1.165) is 35.7 Å². The number of hydrogen-bond acceptors (Lipinski definition) is 12. The fourth-order valence-electron chi connectivity index (χ4n) is 6.03. The van der Waals surface area contributed by atoms with Gasteiger partial charge in [-0.05, 0) is 43.9 Å². The van der Waals surface area contributed by atoms with Crippen LogP contribution in [-0.4, -0.2) is 65.1 Å². The van der Waals surface area contributed by atoms with Crippen LogP contribution in [0.5, 0.6) is 0 Å². The highest BCUT2D eigenvalue weighted by molar-refractivity contribution is 8.77. The number of rotatable bonds is 13. The molecule has 0 spiro atoms. The Labute approximate surface area is 274 Å². The molecule has 244 valence electrons. The van der Waals surface area contributed by atoms with Crippen molar-refractivity contribution >= 4 is 50.6 Å². The highest BCUT2D eigenvalue weighted by Crippen LogP contribution is 2.41. The molecule has 3 aliphatic rings. The van der Waals surface area contributed by atoms with Gasteiger partial charge in [-0.15, -0.1) is 0 Å². The number of nitrogens with zero attached hydrogens (tertiary/aromatic N) is 2. The van der Waals surface area contributed by atoms with Crippen molar-refractivity contribution in [3.05, 3.63) is 63.4 Å². The van der Waals surface area contributed by atoms with Crippen LogP contribution >= 0.6 is 21.6 Å². The summed E-state index contributed by atoms with van der Waals surface area (Å²) in [6.07, 6.45) is 3.52. The summed E-state index contributed by atoms with van der Waals surface area (Å²) in [4.78, 5) is 56.4. The van der Waals surface area contributed by atoms with E-state index in [0.29, 0.717) is 29.6 Å². The molecule has 2 atom stereocenters. The lowest BCUT2D eigenvalue weighted by molar-refractivity contribution is -0.175. The zero-order chi connectivity index (χ0) is 32.1. The van der Waals surface area contributed by atoms with E-state index in [9.17, 15) is 19.2 Å². The highest BCUT2D eigenvalue weighted by Gasteiger charge is 2.51. The Balaban J connectivity index is 1.02. The maximum absolute atomic E-state index is 13.6. The van der Waals surface area contributed by atoms with Crippen molar-refractivity contribution in [3.8, 4) is 11.4 Å². The number of aromatic nitrogens is 2. The first-order chi connectivity index (χ1) is 22.4. The number of pyridine rings is 2. The van der Waals surface area contributed by atoms with E-state index in [-0.39, 0.29) is 62.1 Å². The fraction of sp³-hybridized carbons (Fsp3) is 0.485. The molecule has 6 rings (SSSR count). The number of para-hydroxylation sites is 1. The van der Waals surface area contributed by atoms with Crippen molar-refractivity contribution in [2.75, 3.05) is 32.2 Å². The molecule has 13 heteroatoms. The van der Waals surface area contributed by atoms with Gasteiger partial charge in [-0.2, -0.15) is 0 Å². The van der Waals surface area contributed by atoms with Crippen molar-refractivity contribution in [2.24, 2.45) is 0 Å². The number of esters is 2. The Morgan fingerprint density at radius 3 is 2.72 bits per heavy atom. The number of cyclic esters (lactones) is 1. The third kappa shape index (κ3) is 6.77. The van der Waals surface area contributed by atoms with Crippen LogP contribution < -0.4 is 5.56 Å². The van der Waals surface area contributed by atoms with Crippen molar-refractivity contribution < 1.29 is 38.1 Å². The molecule has 3 aromatic rings. The van der Waals surface area contributed by atoms with Crippen LogP contribution in [0.25, 0.3) is 22.3 Å². The Bertz CT molecular complexity index is 1690. The molecule has 5 heterocycles. The van der Waals surface area contributed by atoms with Gasteiger partial charge < -0.3 is 28.3 Å². The molecule has 0 N–H and O–H groups in total. The van der Waals surface area contributed by atoms with Crippen LogP contribution in [-0.2, 0) is 52.0 Å². The van der Waals surface area contributed by atoms with Gasteiger partial charge >= 0.3 is 18.1 Å². The predicted molar refractivity (Wildman–Crippen MR) is 173 cm³/mol. The highest BCUT2D eigenvalue weighted by atomic mass is 33.1. The Morgan fingerprint density at radius 2 is 1.91 bits per heavy atom. The molecule has 2 aromatic heterocycles. The van der Waals surface area contributed by atoms with Gasteiger partial charge in [-0.3, -0.25) is 9.59 Å². The zero-order valence-electron chi connectivity index (χ0n) is 25.6. The molecule has 46 heavy (non-hydrogen) atoms. The average Bonchev–Trinajstić information content (AvgIpc) is 3.71. The molecule has 0 radical (unpaired) electrons. The van der Waals surface area contributed by atoms with E-state index in [1.54, 1.807) is 17.6 Å². The summed E-state index contributed by atoms with van der Waals surface area (Å²) in [6, 6.07) is 11.4. The van der Waals surface area contributed by atoms with Gasteiger partial charge in [0.1, 0.15) is 19.8 Å². The SMILES string of the molecule is CCC1(OC(=O)OCCOCCOC(=O)CCCCC2CCSS2)C(=O)OCc2c1cc1n(c2=O)Cc2cc3ccccc3nc2-1. The summed E-state index contributed by atoms with van der Waals surface area (Å²) in [5, 5.41) is 1.67. The maximum Gasteiger partial charge on any atom is 0.509 e. The maximum atomic E-state index is 13.6. The second kappa shape index (κ2) is 14.5. The first-order valence-corrected chi connectivity index (χ1v) is 18.0.